The first-order valence-electron chi connectivity index (χ1n) is 7.77. The fourth-order valence-corrected chi connectivity index (χ4v) is 2.50. The van der Waals surface area contributed by atoms with E-state index in [1.807, 2.05) is 44.4 Å². The van der Waals surface area contributed by atoms with Gasteiger partial charge in [-0.25, -0.2) is 0 Å². The summed E-state index contributed by atoms with van der Waals surface area (Å²) in [5.74, 6) is 1.35. The lowest BCUT2D eigenvalue weighted by Gasteiger charge is -2.25. The van der Waals surface area contributed by atoms with Crippen LogP contribution >= 0.6 is 0 Å². The van der Waals surface area contributed by atoms with Crippen molar-refractivity contribution in [3.8, 4) is 11.5 Å². The lowest BCUT2D eigenvalue weighted by Crippen LogP contribution is -2.34. The van der Waals surface area contributed by atoms with Gasteiger partial charge in [-0.05, 0) is 50.0 Å². The van der Waals surface area contributed by atoms with E-state index < -0.39 is 0 Å². The Kier molecular flexibility index (Phi) is 6.21. The minimum atomic E-state index is -0.122. The molecule has 0 bridgehead atoms. The molecule has 0 spiro atoms. The van der Waals surface area contributed by atoms with Gasteiger partial charge >= 0.3 is 0 Å². The summed E-state index contributed by atoms with van der Waals surface area (Å²) in [6.07, 6.45) is 0. The second-order valence-corrected chi connectivity index (χ2v) is 5.70. The maximum absolute atomic E-state index is 12.4. The van der Waals surface area contributed by atoms with Crippen LogP contribution < -0.4 is 14.8 Å². The molecule has 0 aliphatic carbocycles. The molecule has 0 heterocycles. The van der Waals surface area contributed by atoms with Crippen molar-refractivity contribution in [3.05, 3.63) is 59.7 Å². The van der Waals surface area contributed by atoms with Gasteiger partial charge < -0.3 is 19.7 Å². The number of nitrogens with zero attached hydrogens (tertiary/aromatic N) is 1. The van der Waals surface area contributed by atoms with E-state index in [2.05, 4.69) is 10.2 Å². The molecule has 0 aromatic heterocycles. The molecule has 1 unspecified atom stereocenters. The summed E-state index contributed by atoms with van der Waals surface area (Å²) >= 11 is 0. The molecule has 0 fully saturated rings. The number of carbonyl (C=O) groups excluding carboxylic acids is 1. The van der Waals surface area contributed by atoms with Crippen molar-refractivity contribution < 1.29 is 14.3 Å². The number of hydrogen-bond acceptors (Lipinski definition) is 4. The SMILES string of the molecule is COc1cccc(C(=O)NCC(c2cccc(OC)c2)N(C)C)c1. The van der Waals surface area contributed by atoms with E-state index in [1.165, 1.54) is 0 Å². The van der Waals surface area contributed by atoms with Crippen LogP contribution in [0.15, 0.2) is 48.5 Å². The van der Waals surface area contributed by atoms with Crippen LogP contribution in [0.25, 0.3) is 0 Å². The summed E-state index contributed by atoms with van der Waals surface area (Å²) in [6, 6.07) is 15.1. The molecule has 2 aromatic rings. The van der Waals surface area contributed by atoms with Gasteiger partial charge in [0.25, 0.3) is 5.91 Å². The Hall–Kier alpha value is -2.53. The Morgan fingerprint density at radius 2 is 1.67 bits per heavy atom. The minimum Gasteiger partial charge on any atom is -0.497 e. The molecule has 0 aliphatic rings. The monoisotopic (exact) mass is 328 g/mol. The molecule has 5 heteroatoms. The largest absolute Gasteiger partial charge is 0.497 e. The number of methoxy groups -OCH3 is 2. The number of nitrogens with one attached hydrogen (secondary N) is 1. The number of ether oxygens (including phenoxy) is 2. The van der Waals surface area contributed by atoms with E-state index in [9.17, 15) is 4.79 Å². The number of hydrogen-bond donors (Lipinski definition) is 1. The highest BCUT2D eigenvalue weighted by atomic mass is 16.5. The van der Waals surface area contributed by atoms with Crippen molar-refractivity contribution in [2.45, 2.75) is 6.04 Å². The quantitative estimate of drug-likeness (QED) is 0.849. The van der Waals surface area contributed by atoms with Crippen LogP contribution in [0.1, 0.15) is 22.0 Å². The highest BCUT2D eigenvalue weighted by Gasteiger charge is 2.16. The summed E-state index contributed by atoms with van der Waals surface area (Å²) in [7, 11) is 7.21. The molecule has 2 aromatic carbocycles. The first-order chi connectivity index (χ1) is 11.5. The van der Waals surface area contributed by atoms with Gasteiger partial charge in [-0.15, -0.1) is 0 Å². The highest BCUT2D eigenvalue weighted by molar-refractivity contribution is 5.94. The maximum atomic E-state index is 12.4. The second-order valence-electron chi connectivity index (χ2n) is 5.70. The van der Waals surface area contributed by atoms with Crippen molar-refractivity contribution >= 4 is 5.91 Å². The van der Waals surface area contributed by atoms with Crippen LogP contribution in [0.4, 0.5) is 0 Å². The third-order valence-electron chi connectivity index (χ3n) is 3.89. The molecular formula is C19H24N2O3. The predicted octanol–water partition coefficient (Wildman–Crippen LogP) is 2.74. The van der Waals surface area contributed by atoms with Gasteiger partial charge in [-0.3, -0.25) is 4.79 Å². The maximum Gasteiger partial charge on any atom is 0.251 e. The lowest BCUT2D eigenvalue weighted by molar-refractivity contribution is 0.0941. The van der Waals surface area contributed by atoms with Gasteiger partial charge in [0.15, 0.2) is 0 Å². The highest BCUT2D eigenvalue weighted by Crippen LogP contribution is 2.22. The van der Waals surface area contributed by atoms with Gasteiger partial charge in [-0.2, -0.15) is 0 Å². The number of carbonyl (C=O) groups is 1. The van der Waals surface area contributed by atoms with Crippen molar-refractivity contribution in [1.29, 1.82) is 0 Å². The number of rotatable bonds is 7. The molecule has 0 aliphatic heterocycles. The molecule has 1 amide bonds. The zero-order valence-electron chi connectivity index (χ0n) is 14.6. The van der Waals surface area contributed by atoms with E-state index in [-0.39, 0.29) is 11.9 Å². The Morgan fingerprint density at radius 3 is 2.29 bits per heavy atom. The first-order valence-corrected chi connectivity index (χ1v) is 7.77. The van der Waals surface area contributed by atoms with E-state index in [1.54, 1.807) is 32.4 Å². The molecule has 5 nitrogen and oxygen atoms in total. The van der Waals surface area contributed by atoms with Crippen molar-refractivity contribution in [2.24, 2.45) is 0 Å². The average Bonchev–Trinajstić information content (AvgIpc) is 2.61. The van der Waals surface area contributed by atoms with Gasteiger partial charge in [-0.1, -0.05) is 18.2 Å². The normalized spacial score (nSPS) is 11.9. The Bertz CT molecular complexity index is 686. The Morgan fingerprint density at radius 1 is 1.04 bits per heavy atom. The van der Waals surface area contributed by atoms with Crippen LogP contribution in [0.3, 0.4) is 0 Å². The number of benzene rings is 2. The molecule has 2 rings (SSSR count). The second kappa shape index (κ2) is 8.36. The molecular weight excluding hydrogens is 304 g/mol. The van der Waals surface area contributed by atoms with Crippen LogP contribution in [0.2, 0.25) is 0 Å². The zero-order chi connectivity index (χ0) is 17.5. The summed E-state index contributed by atoms with van der Waals surface area (Å²) in [4.78, 5) is 14.5. The summed E-state index contributed by atoms with van der Waals surface area (Å²) in [5.41, 5.74) is 1.67. The van der Waals surface area contributed by atoms with E-state index in [0.717, 1.165) is 11.3 Å². The lowest BCUT2D eigenvalue weighted by atomic mass is 10.1. The molecule has 128 valence electrons. The summed E-state index contributed by atoms with van der Waals surface area (Å²) in [5, 5.41) is 2.99. The first kappa shape index (κ1) is 17.8. The van der Waals surface area contributed by atoms with Crippen LogP contribution in [0, 0.1) is 0 Å². The zero-order valence-corrected chi connectivity index (χ0v) is 14.6. The molecule has 0 radical (unpaired) electrons. The van der Waals surface area contributed by atoms with Crippen LogP contribution in [-0.2, 0) is 0 Å². The van der Waals surface area contributed by atoms with E-state index in [4.69, 9.17) is 9.47 Å². The van der Waals surface area contributed by atoms with E-state index in [0.29, 0.717) is 17.9 Å². The summed E-state index contributed by atoms with van der Waals surface area (Å²) < 4.78 is 10.4. The summed E-state index contributed by atoms with van der Waals surface area (Å²) in [6.45, 7) is 0.496. The number of likely N-dealkylation sites (N-methyl/N-ethyl adjacent to an activating group) is 1. The minimum absolute atomic E-state index is 0.0506. The third-order valence-corrected chi connectivity index (χ3v) is 3.89. The fourth-order valence-electron chi connectivity index (χ4n) is 2.50. The van der Waals surface area contributed by atoms with Crippen molar-refractivity contribution in [1.82, 2.24) is 10.2 Å². The molecule has 24 heavy (non-hydrogen) atoms. The van der Waals surface area contributed by atoms with Gasteiger partial charge in [0.1, 0.15) is 11.5 Å². The Balaban J connectivity index is 2.09. The third kappa shape index (κ3) is 4.49. The van der Waals surface area contributed by atoms with E-state index >= 15 is 0 Å². The standard InChI is InChI=1S/C19H24N2O3/c1-21(2)18(14-7-5-9-16(11-14)23-3)13-20-19(22)15-8-6-10-17(12-15)24-4/h5-12,18H,13H2,1-4H3,(H,20,22). The molecule has 0 saturated heterocycles. The number of amides is 1. The average molecular weight is 328 g/mol. The molecule has 1 atom stereocenters. The molecule has 1 N–H and O–H groups in total. The van der Waals surface area contributed by atoms with Crippen molar-refractivity contribution in [2.75, 3.05) is 34.9 Å². The Labute approximate surface area is 143 Å². The van der Waals surface area contributed by atoms with Crippen LogP contribution in [0.5, 0.6) is 11.5 Å². The van der Waals surface area contributed by atoms with Gasteiger partial charge in [0.05, 0.1) is 20.3 Å². The van der Waals surface area contributed by atoms with Gasteiger partial charge in [0, 0.05) is 12.1 Å². The van der Waals surface area contributed by atoms with Gasteiger partial charge in [0.2, 0.25) is 0 Å². The topological polar surface area (TPSA) is 50.8 Å². The van der Waals surface area contributed by atoms with Crippen molar-refractivity contribution in [3.63, 3.8) is 0 Å². The fraction of sp³-hybridized carbons (Fsp3) is 0.316. The smallest absolute Gasteiger partial charge is 0.251 e. The molecule has 0 saturated carbocycles. The predicted molar refractivity (Wildman–Crippen MR) is 94.7 cm³/mol. The van der Waals surface area contributed by atoms with Crippen LogP contribution in [-0.4, -0.2) is 45.7 Å².